The van der Waals surface area contributed by atoms with E-state index >= 15 is 0 Å². The Bertz CT molecular complexity index is 773. The van der Waals surface area contributed by atoms with E-state index in [1.165, 1.54) is 11.1 Å². The van der Waals surface area contributed by atoms with Crippen LogP contribution in [0.15, 0.2) is 35.6 Å². The lowest BCUT2D eigenvalue weighted by atomic mass is 10.1. The molecule has 28 heavy (non-hydrogen) atoms. The Hall–Kier alpha value is -2.45. The topological polar surface area (TPSA) is 79.6 Å². The van der Waals surface area contributed by atoms with Gasteiger partial charge in [0.2, 0.25) is 0 Å². The van der Waals surface area contributed by atoms with Crippen LogP contribution in [0.3, 0.4) is 0 Å². The monoisotopic (exact) mass is 385 g/mol. The van der Waals surface area contributed by atoms with Crippen LogP contribution in [0, 0.1) is 0 Å². The summed E-state index contributed by atoms with van der Waals surface area (Å²) in [5.41, 5.74) is 2.52. The first-order valence-electron chi connectivity index (χ1n) is 9.91. The molecule has 1 aliphatic heterocycles. The lowest BCUT2D eigenvalue weighted by molar-refractivity contribution is -0.0212. The lowest BCUT2D eigenvalue weighted by Crippen LogP contribution is -2.40. The Morgan fingerprint density at radius 1 is 1.32 bits per heavy atom. The molecule has 0 spiro atoms. The first-order chi connectivity index (χ1) is 13.6. The Balaban J connectivity index is 1.58. The van der Waals surface area contributed by atoms with Gasteiger partial charge in [-0.2, -0.15) is 5.10 Å². The second-order valence-electron chi connectivity index (χ2n) is 7.09. The van der Waals surface area contributed by atoms with Gasteiger partial charge in [-0.15, -0.1) is 0 Å². The van der Waals surface area contributed by atoms with E-state index in [9.17, 15) is 0 Å². The molecule has 8 nitrogen and oxygen atoms in total. The molecule has 1 fully saturated rings. The van der Waals surface area contributed by atoms with Crippen LogP contribution in [-0.4, -0.2) is 58.0 Å². The van der Waals surface area contributed by atoms with Crippen LogP contribution in [0.5, 0.6) is 0 Å². The number of guanidine groups is 1. The average Bonchev–Trinajstić information content (AvgIpc) is 3.09. The molecule has 8 heteroatoms. The maximum atomic E-state index is 5.63. The molecule has 2 N–H and O–H groups in total. The maximum Gasteiger partial charge on any atom is 0.191 e. The van der Waals surface area contributed by atoms with Crippen molar-refractivity contribution >= 4 is 5.96 Å². The molecular formula is C20H31N7O. The summed E-state index contributed by atoms with van der Waals surface area (Å²) >= 11 is 0. The molecule has 0 aliphatic carbocycles. The number of morpholine rings is 1. The summed E-state index contributed by atoms with van der Waals surface area (Å²) in [6, 6.07) is 8.67. The lowest BCUT2D eigenvalue weighted by Gasteiger charge is -2.31. The van der Waals surface area contributed by atoms with Crippen LogP contribution in [-0.2, 0) is 31.4 Å². The van der Waals surface area contributed by atoms with Crippen LogP contribution in [0.4, 0.5) is 0 Å². The summed E-state index contributed by atoms with van der Waals surface area (Å²) in [6.45, 7) is 9.95. The van der Waals surface area contributed by atoms with Crippen LogP contribution in [0.2, 0.25) is 0 Å². The zero-order valence-corrected chi connectivity index (χ0v) is 17.1. The van der Waals surface area contributed by atoms with Crippen molar-refractivity contribution < 1.29 is 4.74 Å². The van der Waals surface area contributed by atoms with E-state index in [4.69, 9.17) is 9.73 Å². The van der Waals surface area contributed by atoms with Gasteiger partial charge < -0.3 is 15.4 Å². The predicted octanol–water partition coefficient (Wildman–Crippen LogP) is 1.29. The number of benzene rings is 1. The molecule has 0 amide bonds. The predicted molar refractivity (Wildman–Crippen MR) is 110 cm³/mol. The van der Waals surface area contributed by atoms with Gasteiger partial charge in [-0.05, 0) is 25.0 Å². The third kappa shape index (κ3) is 6.03. The van der Waals surface area contributed by atoms with Crippen LogP contribution in [0.1, 0.15) is 30.8 Å². The normalized spacial score (nSPS) is 18.2. The van der Waals surface area contributed by atoms with E-state index in [1.54, 1.807) is 11.0 Å². The number of aromatic nitrogens is 3. The SMILES string of the molecule is CCNC(=NCc1cccc(CN2CCOC(C)C2)c1)NCc1ncnn1C. The quantitative estimate of drug-likeness (QED) is 0.552. The Labute approximate surface area is 167 Å². The van der Waals surface area contributed by atoms with Crippen molar-refractivity contribution in [1.29, 1.82) is 0 Å². The fourth-order valence-corrected chi connectivity index (χ4v) is 3.27. The maximum absolute atomic E-state index is 5.63. The molecular weight excluding hydrogens is 354 g/mol. The van der Waals surface area contributed by atoms with Crippen LogP contribution in [0.25, 0.3) is 0 Å². The average molecular weight is 386 g/mol. The molecule has 1 aromatic heterocycles. The van der Waals surface area contributed by atoms with Crippen molar-refractivity contribution in [3.05, 3.63) is 47.5 Å². The minimum atomic E-state index is 0.309. The fraction of sp³-hybridized carbons (Fsp3) is 0.550. The van der Waals surface area contributed by atoms with Gasteiger partial charge in [0.25, 0.3) is 0 Å². The molecule has 0 radical (unpaired) electrons. The van der Waals surface area contributed by atoms with E-state index < -0.39 is 0 Å². The van der Waals surface area contributed by atoms with E-state index in [1.807, 2.05) is 7.05 Å². The third-order valence-electron chi connectivity index (χ3n) is 4.71. The zero-order chi connectivity index (χ0) is 19.8. The first kappa shape index (κ1) is 20.3. The van der Waals surface area contributed by atoms with Crippen molar-refractivity contribution in [3.63, 3.8) is 0 Å². The number of hydrogen-bond donors (Lipinski definition) is 2. The molecule has 1 unspecified atom stereocenters. The smallest absolute Gasteiger partial charge is 0.191 e. The van der Waals surface area contributed by atoms with E-state index in [0.29, 0.717) is 19.2 Å². The van der Waals surface area contributed by atoms with Crippen LogP contribution >= 0.6 is 0 Å². The second-order valence-corrected chi connectivity index (χ2v) is 7.09. The van der Waals surface area contributed by atoms with Gasteiger partial charge in [-0.1, -0.05) is 24.3 Å². The van der Waals surface area contributed by atoms with Gasteiger partial charge >= 0.3 is 0 Å². The number of aryl methyl sites for hydroxylation is 1. The van der Waals surface area contributed by atoms with Crippen molar-refractivity contribution in [3.8, 4) is 0 Å². The largest absolute Gasteiger partial charge is 0.376 e. The summed E-state index contributed by atoms with van der Waals surface area (Å²) in [5.74, 6) is 1.64. The van der Waals surface area contributed by atoms with Gasteiger partial charge in [-0.25, -0.2) is 9.98 Å². The first-order valence-corrected chi connectivity index (χ1v) is 9.91. The number of ether oxygens (including phenoxy) is 1. The van der Waals surface area contributed by atoms with E-state index in [0.717, 1.165) is 44.6 Å². The number of aliphatic imine (C=N–C) groups is 1. The molecule has 1 aromatic carbocycles. The molecule has 152 valence electrons. The number of nitrogens with zero attached hydrogens (tertiary/aromatic N) is 5. The number of nitrogens with one attached hydrogen (secondary N) is 2. The molecule has 1 atom stereocenters. The molecule has 0 bridgehead atoms. The molecule has 1 saturated heterocycles. The molecule has 0 saturated carbocycles. The van der Waals surface area contributed by atoms with E-state index in [-0.39, 0.29) is 0 Å². The van der Waals surface area contributed by atoms with Gasteiger partial charge in [-0.3, -0.25) is 9.58 Å². The highest BCUT2D eigenvalue weighted by atomic mass is 16.5. The molecule has 3 rings (SSSR count). The van der Waals surface area contributed by atoms with Crippen molar-refractivity contribution in [2.24, 2.45) is 12.0 Å². The zero-order valence-electron chi connectivity index (χ0n) is 17.1. The van der Waals surface area contributed by atoms with E-state index in [2.05, 4.69) is 63.7 Å². The Kier molecular flexibility index (Phi) is 7.39. The van der Waals surface area contributed by atoms with Gasteiger partial charge in [0.05, 0.1) is 25.8 Å². The highest BCUT2D eigenvalue weighted by molar-refractivity contribution is 5.79. The summed E-state index contributed by atoms with van der Waals surface area (Å²) in [4.78, 5) is 11.4. The molecule has 2 aromatic rings. The summed E-state index contributed by atoms with van der Waals surface area (Å²) in [7, 11) is 1.88. The van der Waals surface area contributed by atoms with Gasteiger partial charge in [0, 0.05) is 33.2 Å². The highest BCUT2D eigenvalue weighted by Gasteiger charge is 2.16. The van der Waals surface area contributed by atoms with Crippen molar-refractivity contribution in [2.75, 3.05) is 26.2 Å². The summed E-state index contributed by atoms with van der Waals surface area (Å²) in [5, 5.41) is 10.7. The minimum absolute atomic E-state index is 0.309. The van der Waals surface area contributed by atoms with Gasteiger partial charge in [0.15, 0.2) is 5.96 Å². The number of rotatable bonds is 7. The third-order valence-corrected chi connectivity index (χ3v) is 4.71. The summed E-state index contributed by atoms with van der Waals surface area (Å²) in [6.07, 6.45) is 1.87. The Morgan fingerprint density at radius 2 is 2.18 bits per heavy atom. The van der Waals surface area contributed by atoms with Crippen molar-refractivity contribution in [2.45, 2.75) is 39.6 Å². The fourth-order valence-electron chi connectivity index (χ4n) is 3.27. The second kappa shape index (κ2) is 10.2. The minimum Gasteiger partial charge on any atom is -0.376 e. The molecule has 1 aliphatic rings. The van der Waals surface area contributed by atoms with Gasteiger partial charge in [0.1, 0.15) is 12.2 Å². The number of hydrogen-bond acceptors (Lipinski definition) is 5. The van der Waals surface area contributed by atoms with Crippen LogP contribution < -0.4 is 10.6 Å². The Morgan fingerprint density at radius 3 is 2.93 bits per heavy atom. The molecule has 2 heterocycles. The standard InChI is InChI=1S/C20H31N7O/c1-4-21-20(23-12-19-24-15-25-26(19)3)22-11-17-6-5-7-18(10-17)14-27-8-9-28-16(2)13-27/h5-7,10,15-16H,4,8-9,11-14H2,1-3H3,(H2,21,22,23). The summed E-state index contributed by atoms with van der Waals surface area (Å²) < 4.78 is 7.39. The van der Waals surface area contributed by atoms with Crippen molar-refractivity contribution in [1.82, 2.24) is 30.3 Å². The highest BCUT2D eigenvalue weighted by Crippen LogP contribution is 2.12.